The number of rotatable bonds is 5. The average Bonchev–Trinajstić information content (AvgIpc) is 3.20. The first kappa shape index (κ1) is 18.5. The van der Waals surface area contributed by atoms with Crippen LogP contribution in [0.15, 0.2) is 78.2 Å². The van der Waals surface area contributed by atoms with E-state index >= 15 is 0 Å². The maximum atomic E-state index is 12.2. The number of aromatic nitrogens is 1. The van der Waals surface area contributed by atoms with Crippen LogP contribution >= 0.6 is 11.3 Å². The fourth-order valence-electron chi connectivity index (χ4n) is 2.96. The quantitative estimate of drug-likeness (QED) is 0.271. The Balaban J connectivity index is 1.50. The Morgan fingerprint density at radius 1 is 1.07 bits per heavy atom. The summed E-state index contributed by atoms with van der Waals surface area (Å²) < 4.78 is 0. The van der Waals surface area contributed by atoms with Gasteiger partial charge in [0.15, 0.2) is 5.13 Å². The molecule has 0 aliphatic carbocycles. The van der Waals surface area contributed by atoms with Gasteiger partial charge < -0.3 is 0 Å². The molecule has 0 aliphatic rings. The second kappa shape index (κ2) is 8.04. The van der Waals surface area contributed by atoms with Crippen molar-refractivity contribution in [3.8, 4) is 11.3 Å². The number of anilines is 1. The number of thiazole rings is 1. The van der Waals surface area contributed by atoms with Gasteiger partial charge in [0.1, 0.15) is 0 Å². The van der Waals surface area contributed by atoms with Crippen molar-refractivity contribution in [1.82, 2.24) is 4.98 Å². The van der Waals surface area contributed by atoms with E-state index in [1.807, 2.05) is 47.8 Å². The van der Waals surface area contributed by atoms with Crippen LogP contribution in [0.1, 0.15) is 5.56 Å². The highest BCUT2D eigenvalue weighted by Gasteiger charge is 2.09. The second-order valence-corrected chi connectivity index (χ2v) is 7.10. The average molecular weight is 401 g/mol. The number of fused-ring (bicyclic) bond motifs is 1. The van der Waals surface area contributed by atoms with Gasteiger partial charge in [-0.1, -0.05) is 54.6 Å². The molecule has 142 valence electrons. The third kappa shape index (κ3) is 4.20. The highest BCUT2D eigenvalue weighted by atomic mass is 32.1. The first-order valence-corrected chi connectivity index (χ1v) is 9.65. The number of nitro benzene ring substituents is 1. The highest BCUT2D eigenvalue weighted by molar-refractivity contribution is 7.14. The molecular weight excluding hydrogens is 386 g/mol. The fraction of sp³-hybridized carbons (Fsp3) is 0. The molecule has 0 fully saturated rings. The maximum absolute atomic E-state index is 12.2. The summed E-state index contributed by atoms with van der Waals surface area (Å²) in [6, 6.07) is 20.2. The predicted molar refractivity (Wildman–Crippen MR) is 116 cm³/mol. The second-order valence-electron chi connectivity index (χ2n) is 6.24. The lowest BCUT2D eigenvalue weighted by Gasteiger charge is -2.03. The Labute approximate surface area is 170 Å². The molecule has 0 spiro atoms. The molecule has 0 atom stereocenters. The van der Waals surface area contributed by atoms with E-state index in [1.54, 1.807) is 12.1 Å². The number of carbonyl (C=O) groups is 1. The Kier molecular flexibility index (Phi) is 5.13. The van der Waals surface area contributed by atoms with Crippen LogP contribution in [0.2, 0.25) is 0 Å². The van der Waals surface area contributed by atoms with E-state index in [4.69, 9.17) is 0 Å². The summed E-state index contributed by atoms with van der Waals surface area (Å²) in [7, 11) is 0. The van der Waals surface area contributed by atoms with Crippen LogP contribution < -0.4 is 5.32 Å². The maximum Gasteiger partial charge on any atom is 0.270 e. The van der Waals surface area contributed by atoms with Gasteiger partial charge in [0, 0.05) is 29.2 Å². The molecule has 4 rings (SSSR count). The zero-order valence-corrected chi connectivity index (χ0v) is 15.9. The van der Waals surface area contributed by atoms with E-state index in [0.29, 0.717) is 10.7 Å². The van der Waals surface area contributed by atoms with E-state index in [9.17, 15) is 14.9 Å². The molecule has 0 saturated carbocycles. The van der Waals surface area contributed by atoms with Crippen LogP contribution in [0.4, 0.5) is 10.8 Å². The van der Waals surface area contributed by atoms with Crippen molar-refractivity contribution in [2.24, 2.45) is 0 Å². The van der Waals surface area contributed by atoms with Gasteiger partial charge in [-0.05, 0) is 22.4 Å². The third-order valence-electron chi connectivity index (χ3n) is 4.31. The number of benzene rings is 3. The van der Waals surface area contributed by atoms with Gasteiger partial charge in [-0.25, -0.2) is 4.98 Å². The molecule has 29 heavy (non-hydrogen) atoms. The first-order valence-electron chi connectivity index (χ1n) is 8.77. The van der Waals surface area contributed by atoms with Crippen LogP contribution in [0.25, 0.3) is 28.1 Å². The molecule has 1 aromatic heterocycles. The van der Waals surface area contributed by atoms with Crippen LogP contribution in [0.3, 0.4) is 0 Å². The molecule has 0 radical (unpaired) electrons. The molecule has 1 heterocycles. The van der Waals surface area contributed by atoms with Crippen molar-refractivity contribution in [2.45, 2.75) is 0 Å². The smallest absolute Gasteiger partial charge is 0.270 e. The molecular formula is C22H15N3O3S. The van der Waals surface area contributed by atoms with Crippen molar-refractivity contribution in [3.05, 3.63) is 93.9 Å². The number of hydrogen-bond donors (Lipinski definition) is 1. The van der Waals surface area contributed by atoms with Crippen molar-refractivity contribution in [1.29, 1.82) is 0 Å². The minimum Gasteiger partial charge on any atom is -0.298 e. The van der Waals surface area contributed by atoms with Crippen molar-refractivity contribution >= 4 is 44.9 Å². The number of hydrogen-bond acceptors (Lipinski definition) is 5. The largest absolute Gasteiger partial charge is 0.298 e. The van der Waals surface area contributed by atoms with E-state index in [2.05, 4.69) is 10.3 Å². The minimum absolute atomic E-state index is 0.0211. The Morgan fingerprint density at radius 3 is 2.72 bits per heavy atom. The van der Waals surface area contributed by atoms with Crippen molar-refractivity contribution in [3.63, 3.8) is 0 Å². The lowest BCUT2D eigenvalue weighted by Crippen LogP contribution is -2.07. The Hall–Kier alpha value is -3.84. The minimum atomic E-state index is -0.470. The predicted octanol–water partition coefficient (Wildman–Crippen LogP) is 5.52. The number of amides is 1. The number of nitro groups is 1. The topological polar surface area (TPSA) is 85.1 Å². The molecule has 3 aromatic carbocycles. The lowest BCUT2D eigenvalue weighted by molar-refractivity contribution is -0.384. The zero-order valence-electron chi connectivity index (χ0n) is 15.1. The SMILES string of the molecule is O=C(/C=C/c1cccc([N+](=O)[O-])c1)Nc1nc(-c2cccc3ccccc23)cs1. The highest BCUT2D eigenvalue weighted by Crippen LogP contribution is 2.30. The van der Waals surface area contributed by atoms with Gasteiger partial charge in [0.2, 0.25) is 5.91 Å². The van der Waals surface area contributed by atoms with Crippen LogP contribution in [0, 0.1) is 10.1 Å². The van der Waals surface area contributed by atoms with Gasteiger partial charge in [-0.3, -0.25) is 20.2 Å². The zero-order chi connectivity index (χ0) is 20.2. The number of nitrogens with one attached hydrogen (secondary N) is 1. The first-order chi connectivity index (χ1) is 14.1. The standard InChI is InChI=1S/C22H15N3O3S/c26-21(12-11-15-5-3-8-17(13-15)25(27)28)24-22-23-20(14-29-22)19-10-4-7-16-6-1-2-9-18(16)19/h1-14H,(H,23,24,26)/b12-11+. The molecule has 0 unspecified atom stereocenters. The monoisotopic (exact) mass is 401 g/mol. The Morgan fingerprint density at radius 2 is 1.86 bits per heavy atom. The van der Waals surface area contributed by atoms with Crippen LogP contribution in [-0.4, -0.2) is 15.8 Å². The molecule has 6 nitrogen and oxygen atoms in total. The third-order valence-corrected chi connectivity index (χ3v) is 5.07. The van der Waals surface area contributed by atoms with Crippen molar-refractivity contribution in [2.75, 3.05) is 5.32 Å². The number of carbonyl (C=O) groups excluding carboxylic acids is 1. The molecule has 4 aromatic rings. The number of non-ortho nitro benzene ring substituents is 1. The molecule has 0 aliphatic heterocycles. The normalized spacial score (nSPS) is 11.0. The van der Waals surface area contributed by atoms with Gasteiger partial charge >= 0.3 is 0 Å². The fourth-order valence-corrected chi connectivity index (χ4v) is 3.68. The molecule has 0 bridgehead atoms. The summed E-state index contributed by atoms with van der Waals surface area (Å²) >= 11 is 1.34. The van der Waals surface area contributed by atoms with E-state index in [0.717, 1.165) is 22.0 Å². The molecule has 1 amide bonds. The van der Waals surface area contributed by atoms with E-state index in [-0.39, 0.29) is 11.6 Å². The van der Waals surface area contributed by atoms with Gasteiger partial charge in [0.05, 0.1) is 10.6 Å². The summed E-state index contributed by atoms with van der Waals surface area (Å²) in [5, 5.41) is 18.2. The summed E-state index contributed by atoms with van der Waals surface area (Å²) in [4.78, 5) is 27.1. The molecule has 0 saturated heterocycles. The summed E-state index contributed by atoms with van der Waals surface area (Å²) in [5.74, 6) is -0.352. The summed E-state index contributed by atoms with van der Waals surface area (Å²) in [5.41, 5.74) is 2.36. The van der Waals surface area contributed by atoms with Gasteiger partial charge in [0.25, 0.3) is 5.69 Å². The van der Waals surface area contributed by atoms with E-state index in [1.165, 1.54) is 35.6 Å². The van der Waals surface area contributed by atoms with Gasteiger partial charge in [-0.2, -0.15) is 0 Å². The van der Waals surface area contributed by atoms with Crippen molar-refractivity contribution < 1.29 is 9.72 Å². The van der Waals surface area contributed by atoms with E-state index < -0.39 is 4.92 Å². The van der Waals surface area contributed by atoms with Crippen LogP contribution in [-0.2, 0) is 4.79 Å². The Bertz CT molecular complexity index is 1240. The lowest BCUT2D eigenvalue weighted by atomic mass is 10.0. The molecule has 7 heteroatoms. The van der Waals surface area contributed by atoms with Crippen LogP contribution in [0.5, 0.6) is 0 Å². The number of nitrogens with zero attached hydrogens (tertiary/aromatic N) is 2. The molecule has 1 N–H and O–H groups in total. The summed E-state index contributed by atoms with van der Waals surface area (Å²) in [6.07, 6.45) is 2.86. The summed E-state index contributed by atoms with van der Waals surface area (Å²) in [6.45, 7) is 0. The van der Waals surface area contributed by atoms with Gasteiger partial charge in [-0.15, -0.1) is 11.3 Å².